The first-order valence-electron chi connectivity index (χ1n) is 7.71. The minimum atomic E-state index is 0.501. The van der Waals surface area contributed by atoms with Gasteiger partial charge in [0.05, 0.1) is 6.61 Å². The van der Waals surface area contributed by atoms with Crippen molar-refractivity contribution < 1.29 is 4.74 Å². The van der Waals surface area contributed by atoms with E-state index >= 15 is 0 Å². The van der Waals surface area contributed by atoms with Gasteiger partial charge in [-0.1, -0.05) is 67.1 Å². The maximum Gasteiger partial charge on any atom is 0.122 e. The largest absolute Gasteiger partial charge is 0.493 e. The van der Waals surface area contributed by atoms with Gasteiger partial charge in [-0.3, -0.25) is 0 Å². The van der Waals surface area contributed by atoms with Gasteiger partial charge >= 0.3 is 0 Å². The Labute approximate surface area is 125 Å². The van der Waals surface area contributed by atoms with Crippen LogP contribution in [0.2, 0.25) is 0 Å². The molecule has 0 fully saturated rings. The molecular formula is C17H25BrO. The van der Waals surface area contributed by atoms with Crippen LogP contribution in [0.15, 0.2) is 18.2 Å². The fourth-order valence-electron chi connectivity index (χ4n) is 2.67. The predicted octanol–water partition coefficient (Wildman–Crippen LogP) is 5.81. The van der Waals surface area contributed by atoms with E-state index in [1.165, 1.54) is 56.1 Å². The van der Waals surface area contributed by atoms with Crippen molar-refractivity contribution in [3.63, 3.8) is 0 Å². The number of halogens is 1. The number of ether oxygens (including phenoxy) is 1. The van der Waals surface area contributed by atoms with Gasteiger partial charge in [0.2, 0.25) is 0 Å². The van der Waals surface area contributed by atoms with Crippen LogP contribution in [0.3, 0.4) is 0 Å². The second-order valence-electron chi connectivity index (χ2n) is 5.49. The van der Waals surface area contributed by atoms with E-state index in [4.69, 9.17) is 4.74 Å². The lowest BCUT2D eigenvalue weighted by Crippen LogP contribution is -2.08. The van der Waals surface area contributed by atoms with Crippen molar-refractivity contribution in [3.8, 4) is 5.75 Å². The van der Waals surface area contributed by atoms with Crippen molar-refractivity contribution in [1.29, 1.82) is 0 Å². The van der Waals surface area contributed by atoms with Crippen LogP contribution >= 0.6 is 15.9 Å². The summed E-state index contributed by atoms with van der Waals surface area (Å²) in [5.41, 5.74) is 2.80. The molecule has 1 aliphatic heterocycles. The zero-order chi connectivity index (χ0) is 13.5. The maximum atomic E-state index is 5.67. The minimum Gasteiger partial charge on any atom is -0.493 e. The predicted molar refractivity (Wildman–Crippen MR) is 85.3 cm³/mol. The summed E-state index contributed by atoms with van der Waals surface area (Å²) >= 11 is 3.84. The monoisotopic (exact) mass is 324 g/mol. The van der Waals surface area contributed by atoms with E-state index in [-0.39, 0.29) is 0 Å². The van der Waals surface area contributed by atoms with Crippen molar-refractivity contribution in [2.45, 2.75) is 63.1 Å². The van der Waals surface area contributed by atoms with Crippen LogP contribution in [-0.4, -0.2) is 6.61 Å². The highest BCUT2D eigenvalue weighted by Gasteiger charge is 2.13. The number of rotatable bonds is 7. The van der Waals surface area contributed by atoms with Crippen molar-refractivity contribution in [2.24, 2.45) is 0 Å². The quantitative estimate of drug-likeness (QED) is 0.454. The number of alkyl halides is 1. The van der Waals surface area contributed by atoms with Crippen LogP contribution in [0, 0.1) is 0 Å². The maximum absolute atomic E-state index is 5.67. The highest BCUT2D eigenvalue weighted by molar-refractivity contribution is 9.09. The highest BCUT2D eigenvalue weighted by Crippen LogP contribution is 2.33. The van der Waals surface area contributed by atoms with Crippen molar-refractivity contribution >= 4 is 15.9 Å². The second kappa shape index (κ2) is 7.94. The molecule has 1 heterocycles. The lowest BCUT2D eigenvalue weighted by molar-refractivity contribution is 0.288. The molecule has 0 saturated heterocycles. The van der Waals surface area contributed by atoms with Crippen LogP contribution in [0.25, 0.3) is 0 Å². The first kappa shape index (κ1) is 14.9. The first-order valence-corrected chi connectivity index (χ1v) is 8.62. The molecule has 1 atom stereocenters. The minimum absolute atomic E-state index is 0.501. The first-order chi connectivity index (χ1) is 9.31. The third-order valence-corrected chi connectivity index (χ3v) is 4.84. The SMILES string of the molecule is CCCCCCCC(Br)c1ccc2c(c1)CCCO2. The molecule has 1 aromatic rings. The summed E-state index contributed by atoms with van der Waals surface area (Å²) in [4.78, 5) is 0.501. The number of hydrogen-bond acceptors (Lipinski definition) is 1. The number of fused-ring (bicyclic) bond motifs is 1. The van der Waals surface area contributed by atoms with Gasteiger partial charge in [-0.15, -0.1) is 0 Å². The molecule has 0 spiro atoms. The van der Waals surface area contributed by atoms with Gasteiger partial charge < -0.3 is 4.74 Å². The smallest absolute Gasteiger partial charge is 0.122 e. The Morgan fingerprint density at radius 1 is 1.21 bits per heavy atom. The second-order valence-corrected chi connectivity index (χ2v) is 6.59. The summed E-state index contributed by atoms with van der Waals surface area (Å²) in [7, 11) is 0. The molecule has 1 aromatic carbocycles. The molecule has 0 aliphatic carbocycles. The van der Waals surface area contributed by atoms with Gasteiger partial charge in [0.15, 0.2) is 0 Å². The van der Waals surface area contributed by atoms with Crippen molar-refractivity contribution in [1.82, 2.24) is 0 Å². The van der Waals surface area contributed by atoms with E-state index in [1.807, 2.05) is 0 Å². The topological polar surface area (TPSA) is 9.23 Å². The summed E-state index contributed by atoms with van der Waals surface area (Å²) < 4.78 is 5.67. The Morgan fingerprint density at radius 3 is 2.89 bits per heavy atom. The third-order valence-electron chi connectivity index (χ3n) is 3.86. The van der Waals surface area contributed by atoms with E-state index in [2.05, 4.69) is 41.1 Å². The molecule has 0 bridgehead atoms. The van der Waals surface area contributed by atoms with E-state index in [1.54, 1.807) is 0 Å². The fourth-order valence-corrected chi connectivity index (χ4v) is 3.28. The Hall–Kier alpha value is -0.500. The zero-order valence-electron chi connectivity index (χ0n) is 12.0. The fraction of sp³-hybridized carbons (Fsp3) is 0.647. The molecule has 0 N–H and O–H groups in total. The Balaban J connectivity index is 1.83. The van der Waals surface area contributed by atoms with Gasteiger partial charge in [-0.05, 0) is 36.5 Å². The standard InChI is InChI=1S/C17H25BrO/c1-2-3-4-5-6-9-16(18)14-10-11-17-15(13-14)8-7-12-19-17/h10-11,13,16H,2-9,12H2,1H3. The van der Waals surface area contributed by atoms with Crippen LogP contribution in [0.4, 0.5) is 0 Å². The molecular weight excluding hydrogens is 300 g/mol. The summed E-state index contributed by atoms with van der Waals surface area (Å²) in [5, 5.41) is 0. The molecule has 2 heteroatoms. The third kappa shape index (κ3) is 4.52. The Kier molecular flexibility index (Phi) is 6.22. The Morgan fingerprint density at radius 2 is 2.05 bits per heavy atom. The summed E-state index contributed by atoms with van der Waals surface area (Å²) in [6.45, 7) is 3.14. The number of unbranched alkanes of at least 4 members (excludes halogenated alkanes) is 4. The van der Waals surface area contributed by atoms with Gasteiger partial charge in [-0.25, -0.2) is 0 Å². The molecule has 0 radical (unpaired) electrons. The molecule has 2 rings (SSSR count). The zero-order valence-corrected chi connectivity index (χ0v) is 13.5. The van der Waals surface area contributed by atoms with Crippen molar-refractivity contribution in [2.75, 3.05) is 6.61 Å². The molecule has 1 unspecified atom stereocenters. The Bertz CT molecular complexity index is 389. The normalized spacial score (nSPS) is 15.7. The molecule has 1 aliphatic rings. The number of hydrogen-bond donors (Lipinski definition) is 0. The molecule has 0 aromatic heterocycles. The van der Waals surface area contributed by atoms with E-state index in [0.717, 1.165) is 18.8 Å². The van der Waals surface area contributed by atoms with Crippen molar-refractivity contribution in [3.05, 3.63) is 29.3 Å². The summed E-state index contributed by atoms with van der Waals surface area (Å²) in [5.74, 6) is 1.10. The van der Waals surface area contributed by atoms with Crippen LogP contribution in [0.1, 0.15) is 67.8 Å². The van der Waals surface area contributed by atoms with Gasteiger partial charge in [0.1, 0.15) is 5.75 Å². The molecule has 19 heavy (non-hydrogen) atoms. The molecule has 1 nitrogen and oxygen atoms in total. The van der Waals surface area contributed by atoms with E-state index < -0.39 is 0 Å². The lowest BCUT2D eigenvalue weighted by atomic mass is 9.99. The van der Waals surface area contributed by atoms with Crippen LogP contribution < -0.4 is 4.74 Å². The van der Waals surface area contributed by atoms with Crippen LogP contribution in [-0.2, 0) is 6.42 Å². The average Bonchev–Trinajstić information content (AvgIpc) is 2.46. The lowest BCUT2D eigenvalue weighted by Gasteiger charge is -2.19. The number of benzene rings is 1. The van der Waals surface area contributed by atoms with Gasteiger partial charge in [0, 0.05) is 4.83 Å². The van der Waals surface area contributed by atoms with Gasteiger partial charge in [0.25, 0.3) is 0 Å². The van der Waals surface area contributed by atoms with Gasteiger partial charge in [-0.2, -0.15) is 0 Å². The number of aryl methyl sites for hydroxylation is 1. The highest BCUT2D eigenvalue weighted by atomic mass is 79.9. The molecule has 106 valence electrons. The molecule has 0 saturated carbocycles. The van der Waals surface area contributed by atoms with E-state index in [9.17, 15) is 0 Å². The molecule has 0 amide bonds. The summed E-state index contributed by atoms with van der Waals surface area (Å²) in [6.07, 6.45) is 10.3. The average molecular weight is 325 g/mol. The van der Waals surface area contributed by atoms with Crippen LogP contribution in [0.5, 0.6) is 5.75 Å². The van der Waals surface area contributed by atoms with E-state index in [0.29, 0.717) is 4.83 Å². The summed E-state index contributed by atoms with van der Waals surface area (Å²) in [6, 6.07) is 6.70.